The minimum atomic E-state index is 0.0539. The molecule has 3 aliphatic rings. The first-order valence-electron chi connectivity index (χ1n) is 10.9. The lowest BCUT2D eigenvalue weighted by atomic mass is 9.69. The summed E-state index contributed by atoms with van der Waals surface area (Å²) in [6.45, 7) is 3.74. The third kappa shape index (κ3) is 3.63. The van der Waals surface area contributed by atoms with Crippen LogP contribution in [0, 0.1) is 0 Å². The first kappa shape index (κ1) is 19.6. The van der Waals surface area contributed by atoms with Gasteiger partial charge in [-0.05, 0) is 30.5 Å². The fraction of sp³-hybridized carbons (Fsp3) is 0.478. The van der Waals surface area contributed by atoms with Crippen molar-refractivity contribution in [2.45, 2.75) is 50.6 Å². The van der Waals surface area contributed by atoms with Gasteiger partial charge < -0.3 is 9.47 Å². The quantitative estimate of drug-likeness (QED) is 0.731. The summed E-state index contributed by atoms with van der Waals surface area (Å²) in [7, 11) is 0. The number of benzene rings is 1. The van der Waals surface area contributed by atoms with E-state index in [2.05, 4.69) is 32.8 Å². The predicted molar refractivity (Wildman–Crippen MR) is 117 cm³/mol. The molecule has 1 saturated carbocycles. The van der Waals surface area contributed by atoms with Crippen LogP contribution in [0.2, 0.25) is 5.02 Å². The lowest BCUT2D eigenvalue weighted by molar-refractivity contribution is 0.0275. The fourth-order valence-corrected chi connectivity index (χ4v) is 5.31. The number of hydrogen-bond acceptors (Lipinski definition) is 3. The lowest BCUT2D eigenvalue weighted by Crippen LogP contribution is -2.53. The van der Waals surface area contributed by atoms with E-state index in [-0.39, 0.29) is 11.4 Å². The second-order valence-electron chi connectivity index (χ2n) is 8.71. The van der Waals surface area contributed by atoms with Gasteiger partial charge in [0.05, 0.1) is 18.6 Å². The molecule has 0 bridgehead atoms. The van der Waals surface area contributed by atoms with Gasteiger partial charge in [0.25, 0.3) is 0 Å². The van der Waals surface area contributed by atoms with Crippen molar-refractivity contribution in [3.8, 4) is 0 Å². The van der Waals surface area contributed by atoms with Crippen LogP contribution in [-0.2, 0) is 18.5 Å². The average Bonchev–Trinajstić information content (AvgIpc) is 3.43. The van der Waals surface area contributed by atoms with Crippen molar-refractivity contribution in [2.24, 2.45) is 0 Å². The Morgan fingerprint density at radius 3 is 2.70 bits per heavy atom. The second kappa shape index (κ2) is 8.08. The molecule has 1 fully saturated rings. The highest BCUT2D eigenvalue weighted by Gasteiger charge is 2.39. The highest BCUT2D eigenvalue weighted by molar-refractivity contribution is 6.30. The van der Waals surface area contributed by atoms with E-state index in [4.69, 9.17) is 11.6 Å². The number of amides is 2. The van der Waals surface area contributed by atoms with Crippen molar-refractivity contribution < 1.29 is 4.79 Å². The molecule has 158 valence electrons. The van der Waals surface area contributed by atoms with Crippen LogP contribution in [0.4, 0.5) is 4.79 Å². The molecule has 1 aromatic heterocycles. The standard InChI is InChI=1S/C23H28ClN5O/c24-20-7-5-19(6-8-20)23(9-2-1-3-10-23)17-28-11-4-12-29(28)22(30)26-13-14-27-18-25-15-21(27)16-26/h4-8,12,15,18H,1-3,9-11,13-14,16-17H2. The molecule has 6 nitrogen and oxygen atoms in total. The summed E-state index contributed by atoms with van der Waals surface area (Å²) in [5, 5.41) is 4.82. The number of carbonyl (C=O) groups is 1. The number of aromatic nitrogens is 2. The predicted octanol–water partition coefficient (Wildman–Crippen LogP) is 4.42. The van der Waals surface area contributed by atoms with Crippen LogP contribution in [0.15, 0.2) is 49.1 Å². The Kier molecular flexibility index (Phi) is 5.29. The summed E-state index contributed by atoms with van der Waals surface area (Å²) in [4.78, 5) is 19.5. The Morgan fingerprint density at radius 2 is 1.90 bits per heavy atom. The van der Waals surface area contributed by atoms with Crippen LogP contribution in [-0.4, -0.2) is 50.1 Å². The van der Waals surface area contributed by atoms with Crippen molar-refractivity contribution in [2.75, 3.05) is 19.6 Å². The van der Waals surface area contributed by atoms with Gasteiger partial charge in [-0.3, -0.25) is 0 Å². The van der Waals surface area contributed by atoms with Crippen LogP contribution in [0.25, 0.3) is 0 Å². The molecule has 30 heavy (non-hydrogen) atoms. The maximum atomic E-state index is 13.4. The Hall–Kier alpha value is -2.31. The molecular formula is C23H28ClN5O. The fourth-order valence-electron chi connectivity index (χ4n) is 5.19. The number of hydrazine groups is 1. The lowest BCUT2D eigenvalue weighted by Gasteiger charge is -2.43. The van der Waals surface area contributed by atoms with E-state index < -0.39 is 0 Å². The molecule has 1 aliphatic carbocycles. The van der Waals surface area contributed by atoms with Gasteiger partial charge in [0.1, 0.15) is 0 Å². The van der Waals surface area contributed by atoms with Crippen molar-refractivity contribution in [3.63, 3.8) is 0 Å². The average molecular weight is 426 g/mol. The van der Waals surface area contributed by atoms with Gasteiger partial charge in [0.2, 0.25) is 0 Å². The van der Waals surface area contributed by atoms with Gasteiger partial charge in [0.15, 0.2) is 0 Å². The number of imidazole rings is 1. The van der Waals surface area contributed by atoms with Crippen molar-refractivity contribution >= 4 is 17.6 Å². The molecule has 0 atom stereocenters. The Morgan fingerprint density at radius 1 is 1.10 bits per heavy atom. The molecular weight excluding hydrogens is 398 g/mol. The molecule has 2 aromatic rings. The van der Waals surface area contributed by atoms with E-state index in [0.29, 0.717) is 13.1 Å². The number of nitrogens with zero attached hydrogens (tertiary/aromatic N) is 5. The molecule has 0 N–H and O–H groups in total. The normalized spacial score (nSPS) is 21.1. The number of fused-ring (bicyclic) bond motifs is 1. The van der Waals surface area contributed by atoms with Crippen molar-refractivity contribution in [3.05, 3.63) is 65.3 Å². The maximum Gasteiger partial charge on any atom is 0.339 e. The molecule has 0 spiro atoms. The van der Waals surface area contributed by atoms with Gasteiger partial charge in [0, 0.05) is 49.0 Å². The minimum Gasteiger partial charge on any atom is -0.331 e. The molecule has 2 aliphatic heterocycles. The van der Waals surface area contributed by atoms with Crippen LogP contribution < -0.4 is 0 Å². The van der Waals surface area contributed by atoms with Crippen LogP contribution >= 0.6 is 11.6 Å². The summed E-state index contributed by atoms with van der Waals surface area (Å²) in [5.41, 5.74) is 2.50. The van der Waals surface area contributed by atoms with E-state index >= 15 is 0 Å². The van der Waals surface area contributed by atoms with E-state index in [1.807, 2.05) is 40.8 Å². The smallest absolute Gasteiger partial charge is 0.331 e. The highest BCUT2D eigenvalue weighted by Crippen LogP contribution is 2.41. The van der Waals surface area contributed by atoms with E-state index in [1.165, 1.54) is 24.8 Å². The largest absolute Gasteiger partial charge is 0.339 e. The van der Waals surface area contributed by atoms with E-state index in [9.17, 15) is 4.79 Å². The summed E-state index contributed by atoms with van der Waals surface area (Å²) in [6, 6.07) is 8.40. The number of hydrogen-bond donors (Lipinski definition) is 0. The molecule has 5 rings (SSSR count). The van der Waals surface area contributed by atoms with Crippen molar-refractivity contribution in [1.82, 2.24) is 24.5 Å². The summed E-state index contributed by atoms with van der Waals surface area (Å²) in [6.07, 6.45) is 13.8. The summed E-state index contributed by atoms with van der Waals surface area (Å²) >= 11 is 6.16. The van der Waals surface area contributed by atoms with Gasteiger partial charge in [-0.1, -0.05) is 49.1 Å². The molecule has 1 aromatic carbocycles. The van der Waals surface area contributed by atoms with Gasteiger partial charge >= 0.3 is 6.03 Å². The highest BCUT2D eigenvalue weighted by atomic mass is 35.5. The third-order valence-corrected chi connectivity index (χ3v) is 7.10. The molecule has 2 amide bonds. The van der Waals surface area contributed by atoms with Crippen LogP contribution in [0.3, 0.4) is 0 Å². The molecule has 0 unspecified atom stereocenters. The zero-order chi connectivity index (χ0) is 20.6. The first-order chi connectivity index (χ1) is 14.6. The Labute approximate surface area is 182 Å². The first-order valence-corrected chi connectivity index (χ1v) is 11.3. The molecule has 0 saturated heterocycles. The maximum absolute atomic E-state index is 13.4. The molecule has 7 heteroatoms. The van der Waals surface area contributed by atoms with E-state index in [0.717, 1.165) is 43.2 Å². The number of carbonyl (C=O) groups excluding carboxylic acids is 1. The van der Waals surface area contributed by atoms with Crippen LogP contribution in [0.1, 0.15) is 43.4 Å². The zero-order valence-electron chi connectivity index (χ0n) is 17.2. The van der Waals surface area contributed by atoms with Gasteiger partial charge in [-0.2, -0.15) is 0 Å². The Balaban J connectivity index is 1.35. The third-order valence-electron chi connectivity index (χ3n) is 6.85. The second-order valence-corrected chi connectivity index (χ2v) is 9.14. The van der Waals surface area contributed by atoms with Gasteiger partial charge in [-0.15, -0.1) is 0 Å². The molecule has 3 heterocycles. The van der Waals surface area contributed by atoms with Gasteiger partial charge in [-0.25, -0.2) is 19.8 Å². The monoisotopic (exact) mass is 425 g/mol. The minimum absolute atomic E-state index is 0.0539. The number of rotatable bonds is 3. The summed E-state index contributed by atoms with van der Waals surface area (Å²) in [5.74, 6) is 0. The number of halogens is 1. The summed E-state index contributed by atoms with van der Waals surface area (Å²) < 4.78 is 2.12. The molecule has 0 radical (unpaired) electrons. The topological polar surface area (TPSA) is 44.6 Å². The Bertz CT molecular complexity index is 931. The van der Waals surface area contributed by atoms with Crippen LogP contribution in [0.5, 0.6) is 0 Å². The SMILES string of the molecule is O=C(N1CCn2cncc2C1)N1C=CCN1CC1(c2ccc(Cl)cc2)CCCCC1. The van der Waals surface area contributed by atoms with E-state index in [1.54, 1.807) is 0 Å². The zero-order valence-corrected chi connectivity index (χ0v) is 18.0. The number of urea groups is 1. The van der Waals surface area contributed by atoms with Crippen molar-refractivity contribution in [1.29, 1.82) is 0 Å².